The summed E-state index contributed by atoms with van der Waals surface area (Å²) in [4.78, 5) is 19.5. The predicted molar refractivity (Wildman–Crippen MR) is 70.3 cm³/mol. The summed E-state index contributed by atoms with van der Waals surface area (Å²) in [5, 5.41) is 7.42. The fraction of sp³-hybridized carbons (Fsp3) is 0.400. The maximum absolute atomic E-state index is 11.6. The molecule has 102 valence electrons. The minimum absolute atomic E-state index is 0.245. The Morgan fingerprint density at radius 1 is 1.53 bits per heavy atom. The van der Waals surface area contributed by atoms with E-state index in [0.717, 1.165) is 6.42 Å². The van der Waals surface area contributed by atoms with Crippen molar-refractivity contribution in [3.8, 4) is 5.75 Å². The monoisotopic (exact) mass is 282 g/mol. The number of nitrogen functional groups attached to an aromatic ring is 1. The van der Waals surface area contributed by atoms with Gasteiger partial charge in [0.05, 0.1) is 7.11 Å². The van der Waals surface area contributed by atoms with Gasteiger partial charge in [0.15, 0.2) is 21.7 Å². The van der Waals surface area contributed by atoms with Gasteiger partial charge in [0.2, 0.25) is 0 Å². The van der Waals surface area contributed by atoms with Crippen molar-refractivity contribution in [1.29, 1.82) is 0 Å². The molecule has 0 aromatic carbocycles. The van der Waals surface area contributed by atoms with Gasteiger partial charge in [0.25, 0.3) is 0 Å². The summed E-state index contributed by atoms with van der Waals surface area (Å²) in [5.41, 5.74) is 5.46. The summed E-state index contributed by atoms with van der Waals surface area (Å²) in [5.74, 6) is 0.630. The van der Waals surface area contributed by atoms with Crippen molar-refractivity contribution < 1.29 is 4.74 Å². The first-order chi connectivity index (χ1) is 9.17. The highest BCUT2D eigenvalue weighted by Crippen LogP contribution is 2.33. The van der Waals surface area contributed by atoms with Crippen LogP contribution in [0.5, 0.6) is 5.75 Å². The first-order valence-electron chi connectivity index (χ1n) is 5.64. The Kier molecular flexibility index (Phi) is 4.05. The Morgan fingerprint density at radius 3 is 3.00 bits per heavy atom. The lowest BCUT2D eigenvalue weighted by molar-refractivity contribution is 0.401. The van der Waals surface area contributed by atoms with Crippen molar-refractivity contribution >= 4 is 17.6 Å². The maximum atomic E-state index is 11.6. The van der Waals surface area contributed by atoms with Crippen LogP contribution in [0, 0.1) is 0 Å². The zero-order valence-corrected chi connectivity index (χ0v) is 11.4. The highest BCUT2D eigenvalue weighted by molar-refractivity contribution is 7.99. The second kappa shape index (κ2) is 5.74. The third-order valence-corrected chi connectivity index (χ3v) is 3.34. The number of hydrogen-bond acceptors (Lipinski definition) is 7. The molecule has 0 saturated carbocycles. The molecule has 0 aliphatic heterocycles. The fourth-order valence-corrected chi connectivity index (χ4v) is 2.45. The van der Waals surface area contributed by atoms with Gasteiger partial charge in [0, 0.05) is 6.54 Å². The van der Waals surface area contributed by atoms with Crippen molar-refractivity contribution in [2.45, 2.75) is 30.1 Å². The van der Waals surface area contributed by atoms with Crippen LogP contribution in [0.3, 0.4) is 0 Å². The standard InChI is InChI=1S/C10H14N6O2S/c1-3-4-16-9(17)14-15-10(16)19-8-6(18-2)7(11)12-5-13-8/h5H,3-4H2,1-2H3,(H,14,17)(H2,11,12,13). The molecule has 0 bridgehead atoms. The summed E-state index contributed by atoms with van der Waals surface area (Å²) < 4.78 is 6.70. The van der Waals surface area contributed by atoms with Gasteiger partial charge in [-0.2, -0.15) is 0 Å². The summed E-state index contributed by atoms with van der Waals surface area (Å²) in [7, 11) is 1.49. The second-order valence-electron chi connectivity index (χ2n) is 3.66. The van der Waals surface area contributed by atoms with Crippen molar-refractivity contribution in [3.05, 3.63) is 16.8 Å². The Hall–Kier alpha value is -2.03. The second-order valence-corrected chi connectivity index (χ2v) is 4.62. The van der Waals surface area contributed by atoms with Gasteiger partial charge < -0.3 is 10.5 Å². The minimum atomic E-state index is -0.245. The van der Waals surface area contributed by atoms with E-state index in [1.54, 1.807) is 4.57 Å². The SMILES string of the molecule is CCCn1c(Sc2ncnc(N)c2OC)n[nH]c1=O. The van der Waals surface area contributed by atoms with Crippen LogP contribution in [0.15, 0.2) is 21.3 Å². The lowest BCUT2D eigenvalue weighted by Gasteiger charge is -2.08. The van der Waals surface area contributed by atoms with Crippen molar-refractivity contribution in [3.63, 3.8) is 0 Å². The molecule has 0 atom stereocenters. The molecule has 2 rings (SSSR count). The maximum Gasteiger partial charge on any atom is 0.343 e. The summed E-state index contributed by atoms with van der Waals surface area (Å²) in [6.07, 6.45) is 2.17. The average Bonchev–Trinajstić information content (AvgIpc) is 2.72. The Morgan fingerprint density at radius 2 is 2.32 bits per heavy atom. The smallest absolute Gasteiger partial charge is 0.343 e. The van der Waals surface area contributed by atoms with Gasteiger partial charge in [-0.1, -0.05) is 6.92 Å². The molecule has 0 spiro atoms. The molecule has 2 heterocycles. The number of aromatic amines is 1. The van der Waals surface area contributed by atoms with Crippen LogP contribution in [-0.4, -0.2) is 31.8 Å². The van der Waals surface area contributed by atoms with Gasteiger partial charge in [0.1, 0.15) is 6.33 Å². The summed E-state index contributed by atoms with van der Waals surface area (Å²) >= 11 is 1.20. The molecule has 19 heavy (non-hydrogen) atoms. The first kappa shape index (κ1) is 13.4. The van der Waals surface area contributed by atoms with Gasteiger partial charge in [-0.3, -0.25) is 4.57 Å². The third kappa shape index (κ3) is 2.70. The number of methoxy groups -OCH3 is 1. The molecule has 0 fully saturated rings. The number of aromatic nitrogens is 5. The van der Waals surface area contributed by atoms with E-state index < -0.39 is 0 Å². The summed E-state index contributed by atoms with van der Waals surface area (Å²) in [6, 6.07) is 0. The molecule has 3 N–H and O–H groups in total. The zero-order valence-electron chi connectivity index (χ0n) is 10.6. The lowest BCUT2D eigenvalue weighted by Crippen LogP contribution is -2.17. The molecule has 0 aliphatic rings. The van der Waals surface area contributed by atoms with Crippen molar-refractivity contribution in [1.82, 2.24) is 24.7 Å². The van der Waals surface area contributed by atoms with Crippen LogP contribution in [0.4, 0.5) is 5.82 Å². The van der Waals surface area contributed by atoms with Crippen LogP contribution < -0.4 is 16.2 Å². The topological polar surface area (TPSA) is 112 Å². The van der Waals surface area contributed by atoms with Gasteiger partial charge >= 0.3 is 5.69 Å². The number of ether oxygens (including phenoxy) is 1. The number of anilines is 1. The molecular formula is C10H14N6O2S. The quantitative estimate of drug-likeness (QED) is 0.768. The highest BCUT2D eigenvalue weighted by atomic mass is 32.2. The molecule has 9 heteroatoms. The van der Waals surface area contributed by atoms with E-state index in [9.17, 15) is 4.79 Å². The largest absolute Gasteiger partial charge is 0.490 e. The van der Waals surface area contributed by atoms with E-state index in [1.165, 1.54) is 25.2 Å². The highest BCUT2D eigenvalue weighted by Gasteiger charge is 2.15. The molecule has 8 nitrogen and oxygen atoms in total. The van der Waals surface area contributed by atoms with Crippen LogP contribution in [0.1, 0.15) is 13.3 Å². The predicted octanol–water partition coefficient (Wildman–Crippen LogP) is 0.513. The van der Waals surface area contributed by atoms with Gasteiger partial charge in [-0.05, 0) is 18.2 Å². The van der Waals surface area contributed by atoms with Crippen LogP contribution >= 0.6 is 11.8 Å². The van der Waals surface area contributed by atoms with Crippen LogP contribution in [0.25, 0.3) is 0 Å². The zero-order chi connectivity index (χ0) is 13.8. The number of H-pyrrole nitrogens is 1. The molecular weight excluding hydrogens is 268 g/mol. The molecule has 0 saturated heterocycles. The fourth-order valence-electron chi connectivity index (χ4n) is 1.52. The number of nitrogens with two attached hydrogens (primary N) is 1. The minimum Gasteiger partial charge on any atom is -0.490 e. The molecule has 0 unspecified atom stereocenters. The number of rotatable bonds is 5. The Bertz CT molecular complexity index is 623. The molecule has 0 radical (unpaired) electrons. The lowest BCUT2D eigenvalue weighted by atomic mass is 10.5. The number of hydrogen-bond donors (Lipinski definition) is 2. The van der Waals surface area contributed by atoms with E-state index >= 15 is 0 Å². The molecule has 2 aromatic rings. The number of nitrogens with one attached hydrogen (secondary N) is 1. The average molecular weight is 282 g/mol. The van der Waals surface area contributed by atoms with Crippen molar-refractivity contribution in [2.24, 2.45) is 0 Å². The Balaban J connectivity index is 2.36. The third-order valence-electron chi connectivity index (χ3n) is 2.36. The van der Waals surface area contributed by atoms with Gasteiger partial charge in [-0.25, -0.2) is 19.9 Å². The summed E-state index contributed by atoms with van der Waals surface area (Å²) in [6.45, 7) is 2.57. The molecule has 0 aliphatic carbocycles. The molecule has 2 aromatic heterocycles. The van der Waals surface area contributed by atoms with Crippen LogP contribution in [-0.2, 0) is 6.54 Å². The van der Waals surface area contributed by atoms with Gasteiger partial charge in [-0.15, -0.1) is 5.10 Å². The number of nitrogens with zero attached hydrogens (tertiary/aromatic N) is 4. The van der Waals surface area contributed by atoms with Crippen molar-refractivity contribution in [2.75, 3.05) is 12.8 Å². The first-order valence-corrected chi connectivity index (χ1v) is 6.46. The molecule has 0 amide bonds. The van der Waals surface area contributed by atoms with Crippen LogP contribution in [0.2, 0.25) is 0 Å². The van der Waals surface area contributed by atoms with E-state index in [0.29, 0.717) is 22.5 Å². The normalized spacial score (nSPS) is 10.6. The van der Waals surface area contributed by atoms with E-state index in [-0.39, 0.29) is 11.5 Å². The van der Waals surface area contributed by atoms with E-state index in [2.05, 4.69) is 20.2 Å². The Labute approximate surface area is 113 Å². The van der Waals surface area contributed by atoms with E-state index in [4.69, 9.17) is 10.5 Å². The van der Waals surface area contributed by atoms with E-state index in [1.807, 2.05) is 6.92 Å².